The average Bonchev–Trinajstić information content (AvgIpc) is 2.37. The highest BCUT2D eigenvalue weighted by atomic mass is 79.9. The van der Waals surface area contributed by atoms with E-state index in [1.807, 2.05) is 31.4 Å². The Morgan fingerprint density at radius 3 is 2.26 bits per heavy atom. The van der Waals surface area contributed by atoms with Crippen LogP contribution in [0.3, 0.4) is 0 Å². The van der Waals surface area contributed by atoms with Crippen molar-refractivity contribution in [2.75, 3.05) is 7.05 Å². The van der Waals surface area contributed by atoms with E-state index in [9.17, 15) is 0 Å². The Hall–Kier alpha value is -0.230. The molecular formula is C14H13Br3N2. The van der Waals surface area contributed by atoms with Gasteiger partial charge in [-0.1, -0.05) is 31.9 Å². The van der Waals surface area contributed by atoms with Gasteiger partial charge in [-0.15, -0.1) is 0 Å². The lowest BCUT2D eigenvalue weighted by atomic mass is 10.0. The molecule has 5 heteroatoms. The van der Waals surface area contributed by atoms with Crippen LogP contribution in [0, 0.1) is 0 Å². The van der Waals surface area contributed by atoms with Gasteiger partial charge in [-0.2, -0.15) is 0 Å². The zero-order valence-corrected chi connectivity index (χ0v) is 15.1. The van der Waals surface area contributed by atoms with Crippen molar-refractivity contribution in [3.63, 3.8) is 0 Å². The van der Waals surface area contributed by atoms with E-state index in [0.29, 0.717) is 0 Å². The molecule has 2 aromatic rings. The first kappa shape index (κ1) is 15.2. The van der Waals surface area contributed by atoms with Gasteiger partial charge in [0.25, 0.3) is 0 Å². The van der Waals surface area contributed by atoms with Gasteiger partial charge in [-0.05, 0) is 58.9 Å². The van der Waals surface area contributed by atoms with Gasteiger partial charge in [-0.3, -0.25) is 4.98 Å². The van der Waals surface area contributed by atoms with E-state index in [0.717, 1.165) is 25.5 Å². The van der Waals surface area contributed by atoms with E-state index in [-0.39, 0.29) is 6.04 Å². The van der Waals surface area contributed by atoms with Crippen LogP contribution in [-0.2, 0) is 6.42 Å². The van der Waals surface area contributed by atoms with Crippen molar-refractivity contribution in [2.24, 2.45) is 0 Å². The Morgan fingerprint density at radius 2 is 1.74 bits per heavy atom. The zero-order valence-electron chi connectivity index (χ0n) is 10.3. The van der Waals surface area contributed by atoms with Crippen molar-refractivity contribution in [1.82, 2.24) is 10.3 Å². The Balaban J connectivity index is 2.22. The molecule has 1 atom stereocenters. The fourth-order valence-electron chi connectivity index (χ4n) is 1.90. The lowest BCUT2D eigenvalue weighted by Crippen LogP contribution is -2.19. The first-order valence-corrected chi connectivity index (χ1v) is 8.20. The van der Waals surface area contributed by atoms with Crippen molar-refractivity contribution >= 4 is 47.8 Å². The third-order valence-corrected chi connectivity index (χ3v) is 4.22. The number of nitrogens with one attached hydrogen (secondary N) is 1. The van der Waals surface area contributed by atoms with Crippen LogP contribution in [0.15, 0.2) is 49.9 Å². The maximum absolute atomic E-state index is 4.43. The van der Waals surface area contributed by atoms with E-state index < -0.39 is 0 Å². The van der Waals surface area contributed by atoms with Crippen LogP contribution < -0.4 is 5.32 Å². The number of benzene rings is 1. The molecule has 0 radical (unpaired) electrons. The van der Waals surface area contributed by atoms with Gasteiger partial charge in [0.15, 0.2) is 0 Å². The van der Waals surface area contributed by atoms with Crippen molar-refractivity contribution < 1.29 is 0 Å². The van der Waals surface area contributed by atoms with Crippen LogP contribution in [0.2, 0.25) is 0 Å². The molecule has 2 nitrogen and oxygen atoms in total. The monoisotopic (exact) mass is 446 g/mol. The van der Waals surface area contributed by atoms with Gasteiger partial charge >= 0.3 is 0 Å². The second kappa shape index (κ2) is 6.97. The molecule has 1 aromatic carbocycles. The molecule has 1 aromatic heterocycles. The van der Waals surface area contributed by atoms with Gasteiger partial charge in [0.2, 0.25) is 0 Å². The summed E-state index contributed by atoms with van der Waals surface area (Å²) in [5.74, 6) is 0. The summed E-state index contributed by atoms with van der Waals surface area (Å²) in [5, 5.41) is 3.34. The summed E-state index contributed by atoms with van der Waals surface area (Å²) in [4.78, 5) is 4.43. The molecule has 0 fully saturated rings. The summed E-state index contributed by atoms with van der Waals surface area (Å²) >= 11 is 10.5. The summed E-state index contributed by atoms with van der Waals surface area (Å²) in [6.07, 6.45) is 2.69. The Labute approximate surface area is 138 Å². The second-order valence-electron chi connectivity index (χ2n) is 4.22. The molecule has 19 heavy (non-hydrogen) atoms. The lowest BCUT2D eigenvalue weighted by molar-refractivity contribution is 0.584. The normalized spacial score (nSPS) is 12.4. The summed E-state index contributed by atoms with van der Waals surface area (Å²) in [5.41, 5.74) is 2.30. The van der Waals surface area contributed by atoms with Gasteiger partial charge in [-0.25, -0.2) is 0 Å². The zero-order chi connectivity index (χ0) is 13.8. The maximum atomic E-state index is 4.43. The van der Waals surface area contributed by atoms with Gasteiger partial charge < -0.3 is 5.32 Å². The highest BCUT2D eigenvalue weighted by Gasteiger charge is 2.12. The Morgan fingerprint density at radius 1 is 1.05 bits per heavy atom. The second-order valence-corrected chi connectivity index (χ2v) is 6.96. The summed E-state index contributed by atoms with van der Waals surface area (Å²) in [7, 11) is 1.97. The molecule has 0 bridgehead atoms. The van der Waals surface area contributed by atoms with Crippen LogP contribution in [0.25, 0.3) is 0 Å². The molecule has 1 unspecified atom stereocenters. The van der Waals surface area contributed by atoms with Crippen LogP contribution in [0.1, 0.15) is 17.3 Å². The average molecular weight is 449 g/mol. The largest absolute Gasteiger partial charge is 0.313 e. The Kier molecular flexibility index (Phi) is 5.57. The minimum atomic E-state index is 0.238. The molecular weight excluding hydrogens is 436 g/mol. The van der Waals surface area contributed by atoms with Crippen molar-refractivity contribution in [1.29, 1.82) is 0 Å². The molecule has 1 heterocycles. The van der Waals surface area contributed by atoms with Crippen molar-refractivity contribution in [3.8, 4) is 0 Å². The van der Waals surface area contributed by atoms with Crippen LogP contribution in [0.4, 0.5) is 0 Å². The first-order chi connectivity index (χ1) is 9.08. The molecule has 0 amide bonds. The standard InChI is InChI=1S/C14H13Br3N2/c1-18-14(7-13-3-2-10(15)8-19-13)9-4-11(16)6-12(17)5-9/h2-6,8,14,18H,7H2,1H3. The molecule has 0 aliphatic heterocycles. The first-order valence-electron chi connectivity index (χ1n) is 5.82. The third-order valence-electron chi connectivity index (χ3n) is 2.84. The lowest BCUT2D eigenvalue weighted by Gasteiger charge is -2.17. The maximum Gasteiger partial charge on any atom is 0.0423 e. The molecule has 2 rings (SSSR count). The molecule has 0 aliphatic carbocycles. The predicted octanol–water partition coefficient (Wildman–Crippen LogP) is 4.87. The molecule has 0 saturated carbocycles. The van der Waals surface area contributed by atoms with Crippen LogP contribution >= 0.6 is 47.8 Å². The summed E-state index contributed by atoms with van der Waals surface area (Å²) < 4.78 is 3.14. The van der Waals surface area contributed by atoms with Gasteiger partial charge in [0, 0.05) is 37.8 Å². The quantitative estimate of drug-likeness (QED) is 0.721. The number of hydrogen-bond donors (Lipinski definition) is 1. The predicted molar refractivity (Wildman–Crippen MR) is 89.3 cm³/mol. The van der Waals surface area contributed by atoms with E-state index in [1.165, 1.54) is 5.56 Å². The number of nitrogens with zero attached hydrogens (tertiary/aromatic N) is 1. The van der Waals surface area contributed by atoms with Crippen molar-refractivity contribution in [2.45, 2.75) is 12.5 Å². The van der Waals surface area contributed by atoms with E-state index in [1.54, 1.807) is 0 Å². The Bertz CT molecular complexity index is 535. The molecule has 100 valence electrons. The number of halogens is 3. The smallest absolute Gasteiger partial charge is 0.0423 e. The number of aromatic nitrogens is 1. The van der Waals surface area contributed by atoms with Gasteiger partial charge in [0.05, 0.1) is 0 Å². The third kappa shape index (κ3) is 4.38. The minimum absolute atomic E-state index is 0.238. The number of rotatable bonds is 4. The van der Waals surface area contributed by atoms with Crippen molar-refractivity contribution in [3.05, 3.63) is 61.2 Å². The van der Waals surface area contributed by atoms with E-state index in [2.05, 4.69) is 70.2 Å². The molecule has 0 saturated heterocycles. The van der Waals surface area contributed by atoms with Crippen LogP contribution in [0.5, 0.6) is 0 Å². The number of likely N-dealkylation sites (N-methyl/N-ethyl adjacent to an activating group) is 1. The SMILES string of the molecule is CNC(Cc1ccc(Br)cn1)c1cc(Br)cc(Br)c1. The van der Waals surface area contributed by atoms with E-state index >= 15 is 0 Å². The minimum Gasteiger partial charge on any atom is -0.313 e. The molecule has 0 spiro atoms. The number of hydrogen-bond acceptors (Lipinski definition) is 2. The highest BCUT2D eigenvalue weighted by molar-refractivity contribution is 9.11. The fraction of sp³-hybridized carbons (Fsp3) is 0.214. The van der Waals surface area contributed by atoms with Crippen LogP contribution in [-0.4, -0.2) is 12.0 Å². The van der Waals surface area contributed by atoms with E-state index in [4.69, 9.17) is 0 Å². The fourth-order valence-corrected chi connectivity index (χ4v) is 3.46. The summed E-state index contributed by atoms with van der Waals surface area (Å²) in [6, 6.07) is 10.6. The number of pyridine rings is 1. The topological polar surface area (TPSA) is 24.9 Å². The highest BCUT2D eigenvalue weighted by Crippen LogP contribution is 2.26. The molecule has 1 N–H and O–H groups in total. The van der Waals surface area contributed by atoms with Gasteiger partial charge in [0.1, 0.15) is 0 Å². The summed E-state index contributed by atoms with van der Waals surface area (Å²) in [6.45, 7) is 0. The molecule has 0 aliphatic rings.